The largest absolute Gasteiger partial charge is 0.487 e. The topological polar surface area (TPSA) is 70.8 Å². The molecule has 1 N–H and O–H groups in total. The molecule has 1 aliphatic heterocycles. The van der Waals surface area contributed by atoms with Gasteiger partial charge in [-0.15, -0.1) is 12.4 Å². The molecule has 0 atom stereocenters. The van der Waals surface area contributed by atoms with Gasteiger partial charge in [0.05, 0.1) is 16.6 Å². The van der Waals surface area contributed by atoms with Crippen LogP contribution in [0.15, 0.2) is 48.5 Å². The van der Waals surface area contributed by atoms with Gasteiger partial charge in [-0.25, -0.2) is 9.97 Å². The van der Waals surface area contributed by atoms with Gasteiger partial charge in [0.15, 0.2) is 11.4 Å². The Morgan fingerprint density at radius 3 is 2.61 bits per heavy atom. The van der Waals surface area contributed by atoms with Crippen molar-refractivity contribution in [3.8, 4) is 11.8 Å². The molecule has 28 heavy (non-hydrogen) atoms. The average Bonchev–Trinajstić information content (AvgIpc) is 2.72. The number of nitriles is 1. The summed E-state index contributed by atoms with van der Waals surface area (Å²) in [5.41, 5.74) is 2.96. The number of rotatable bonds is 2. The van der Waals surface area contributed by atoms with E-state index < -0.39 is 0 Å². The first-order valence-corrected chi connectivity index (χ1v) is 9.22. The fourth-order valence-electron chi connectivity index (χ4n) is 3.73. The highest BCUT2D eigenvalue weighted by Crippen LogP contribution is 2.31. The van der Waals surface area contributed by atoms with Gasteiger partial charge < -0.3 is 10.1 Å². The van der Waals surface area contributed by atoms with E-state index in [1.807, 2.05) is 42.5 Å². The van der Waals surface area contributed by atoms with Crippen LogP contribution < -0.4 is 10.1 Å². The lowest BCUT2D eigenvalue weighted by molar-refractivity contribution is 0.161. The average molecular weight is 391 g/mol. The quantitative estimate of drug-likeness (QED) is 0.406. The van der Waals surface area contributed by atoms with Crippen molar-refractivity contribution in [1.82, 2.24) is 15.3 Å². The van der Waals surface area contributed by atoms with Crippen LogP contribution in [0.3, 0.4) is 0 Å². The van der Waals surface area contributed by atoms with Gasteiger partial charge in [0.1, 0.15) is 12.2 Å². The van der Waals surface area contributed by atoms with Crippen molar-refractivity contribution in [2.75, 3.05) is 13.1 Å². The van der Waals surface area contributed by atoms with Crippen molar-refractivity contribution < 1.29 is 4.74 Å². The Hall–Kier alpha value is -2.94. The summed E-state index contributed by atoms with van der Waals surface area (Å²) >= 11 is 0. The van der Waals surface area contributed by atoms with E-state index in [0.29, 0.717) is 11.4 Å². The van der Waals surface area contributed by atoms with Crippen molar-refractivity contribution in [2.24, 2.45) is 0 Å². The minimum absolute atomic E-state index is 0. The second-order valence-electron chi connectivity index (χ2n) is 6.90. The molecular weight excluding hydrogens is 372 g/mol. The summed E-state index contributed by atoms with van der Waals surface area (Å²) in [6, 6.07) is 18.3. The number of benzene rings is 2. The normalized spacial score (nSPS) is 14.7. The van der Waals surface area contributed by atoms with E-state index in [1.165, 1.54) is 0 Å². The van der Waals surface area contributed by atoms with E-state index in [0.717, 1.165) is 58.6 Å². The summed E-state index contributed by atoms with van der Waals surface area (Å²) < 4.78 is 6.13. The van der Waals surface area contributed by atoms with E-state index in [1.54, 1.807) is 0 Å². The van der Waals surface area contributed by atoms with Crippen LogP contribution >= 0.6 is 12.4 Å². The molecule has 5 rings (SSSR count). The van der Waals surface area contributed by atoms with Crippen LogP contribution in [-0.2, 0) is 0 Å². The number of para-hydroxylation sites is 1. The number of halogens is 1. The molecule has 1 saturated heterocycles. The number of pyridine rings is 2. The van der Waals surface area contributed by atoms with Crippen molar-refractivity contribution in [1.29, 1.82) is 5.26 Å². The number of nitrogens with one attached hydrogen (secondary N) is 1. The Labute approximate surface area is 168 Å². The fourth-order valence-corrected chi connectivity index (χ4v) is 3.73. The standard InChI is InChI=1S/C22H18N4O.ClH/c23-13-20-21(27-16-7-9-24-10-8-16)12-15-5-6-19-17(22(15)26-20)11-14-3-1-2-4-18(14)25-19;/h1-6,11-12,16,24H,7-10H2;1H. The second-order valence-corrected chi connectivity index (χ2v) is 6.90. The van der Waals surface area contributed by atoms with E-state index in [9.17, 15) is 5.26 Å². The predicted molar refractivity (Wildman–Crippen MR) is 113 cm³/mol. The van der Waals surface area contributed by atoms with Gasteiger partial charge in [-0.1, -0.05) is 24.3 Å². The number of piperidine rings is 1. The van der Waals surface area contributed by atoms with Crippen molar-refractivity contribution in [3.05, 3.63) is 54.2 Å². The smallest absolute Gasteiger partial charge is 0.183 e. The molecule has 1 fully saturated rings. The van der Waals surface area contributed by atoms with E-state index >= 15 is 0 Å². The number of nitrogens with zero attached hydrogens (tertiary/aromatic N) is 3. The first-order valence-electron chi connectivity index (χ1n) is 9.22. The van der Waals surface area contributed by atoms with Gasteiger partial charge in [0.2, 0.25) is 0 Å². The van der Waals surface area contributed by atoms with Gasteiger partial charge in [-0.05, 0) is 50.2 Å². The highest BCUT2D eigenvalue weighted by molar-refractivity contribution is 6.08. The minimum Gasteiger partial charge on any atom is -0.487 e. The number of hydrogen-bond acceptors (Lipinski definition) is 5. The Bertz CT molecular complexity index is 1210. The predicted octanol–water partition coefficient (Wildman–Crippen LogP) is 4.36. The highest BCUT2D eigenvalue weighted by atomic mass is 35.5. The third-order valence-corrected chi connectivity index (χ3v) is 5.13. The molecule has 0 radical (unpaired) electrons. The number of aromatic nitrogens is 2. The number of fused-ring (bicyclic) bond motifs is 4. The number of ether oxygens (including phenoxy) is 1. The molecule has 0 spiro atoms. The van der Waals surface area contributed by atoms with Crippen LogP contribution in [0, 0.1) is 11.3 Å². The van der Waals surface area contributed by atoms with E-state index in [2.05, 4.69) is 22.4 Å². The molecule has 0 amide bonds. The Morgan fingerprint density at radius 1 is 0.964 bits per heavy atom. The molecule has 2 aromatic carbocycles. The highest BCUT2D eigenvalue weighted by Gasteiger charge is 2.18. The molecule has 1 aliphatic rings. The van der Waals surface area contributed by atoms with Crippen molar-refractivity contribution >= 4 is 45.1 Å². The van der Waals surface area contributed by atoms with Gasteiger partial charge in [-0.3, -0.25) is 0 Å². The summed E-state index contributed by atoms with van der Waals surface area (Å²) in [6.07, 6.45) is 2.01. The fraction of sp³-hybridized carbons (Fsp3) is 0.227. The molecule has 0 aliphatic carbocycles. The van der Waals surface area contributed by atoms with Gasteiger partial charge in [-0.2, -0.15) is 5.26 Å². The van der Waals surface area contributed by atoms with Crippen LogP contribution in [0.25, 0.3) is 32.7 Å². The molecule has 5 nitrogen and oxygen atoms in total. The molecule has 0 unspecified atom stereocenters. The molecule has 0 bridgehead atoms. The molecule has 140 valence electrons. The zero-order valence-corrected chi connectivity index (χ0v) is 16.0. The third-order valence-electron chi connectivity index (χ3n) is 5.13. The van der Waals surface area contributed by atoms with Gasteiger partial charge in [0.25, 0.3) is 0 Å². The number of hydrogen-bond donors (Lipinski definition) is 1. The lowest BCUT2D eigenvalue weighted by atomic mass is 10.1. The Balaban J connectivity index is 0.00000192. The lowest BCUT2D eigenvalue weighted by Gasteiger charge is -2.24. The lowest BCUT2D eigenvalue weighted by Crippen LogP contribution is -2.34. The maximum atomic E-state index is 9.63. The first kappa shape index (κ1) is 18.4. The van der Waals surface area contributed by atoms with Crippen LogP contribution in [-0.4, -0.2) is 29.2 Å². The Morgan fingerprint density at radius 2 is 1.79 bits per heavy atom. The minimum atomic E-state index is 0. The summed E-state index contributed by atoms with van der Waals surface area (Å²) in [7, 11) is 0. The summed E-state index contributed by atoms with van der Waals surface area (Å²) in [6.45, 7) is 1.88. The summed E-state index contributed by atoms with van der Waals surface area (Å²) in [5.74, 6) is 0.574. The van der Waals surface area contributed by atoms with Crippen molar-refractivity contribution in [3.63, 3.8) is 0 Å². The van der Waals surface area contributed by atoms with Crippen LogP contribution in [0.2, 0.25) is 0 Å². The molecule has 4 aromatic rings. The monoisotopic (exact) mass is 390 g/mol. The molecule has 6 heteroatoms. The zero-order chi connectivity index (χ0) is 18.2. The maximum absolute atomic E-state index is 9.63. The SMILES string of the molecule is Cl.N#Cc1nc2c(ccc3nc4ccccc4cc32)cc1OC1CCNCC1. The summed E-state index contributed by atoms with van der Waals surface area (Å²) in [4.78, 5) is 9.39. The van der Waals surface area contributed by atoms with Crippen LogP contribution in [0.5, 0.6) is 5.75 Å². The first-order chi connectivity index (χ1) is 13.3. The molecule has 0 saturated carbocycles. The Kier molecular flexibility index (Phi) is 4.99. The second kappa shape index (κ2) is 7.59. The molecular formula is C22H19ClN4O. The van der Waals surface area contributed by atoms with Crippen LogP contribution in [0.1, 0.15) is 18.5 Å². The maximum Gasteiger partial charge on any atom is 0.183 e. The summed E-state index contributed by atoms with van der Waals surface area (Å²) in [5, 5.41) is 15.9. The third kappa shape index (κ3) is 3.22. The van der Waals surface area contributed by atoms with Crippen LogP contribution in [0.4, 0.5) is 0 Å². The van der Waals surface area contributed by atoms with E-state index in [-0.39, 0.29) is 18.5 Å². The van der Waals surface area contributed by atoms with Gasteiger partial charge in [0, 0.05) is 16.2 Å². The molecule has 2 aromatic heterocycles. The van der Waals surface area contributed by atoms with E-state index in [4.69, 9.17) is 9.72 Å². The van der Waals surface area contributed by atoms with Crippen molar-refractivity contribution in [2.45, 2.75) is 18.9 Å². The zero-order valence-electron chi connectivity index (χ0n) is 15.2. The molecule has 3 heterocycles. The van der Waals surface area contributed by atoms with Gasteiger partial charge >= 0.3 is 0 Å².